The minimum absolute atomic E-state index is 0.396. The van der Waals surface area contributed by atoms with Gasteiger partial charge in [0.1, 0.15) is 0 Å². The van der Waals surface area contributed by atoms with Crippen molar-refractivity contribution in [3.05, 3.63) is 21.4 Å². The number of nitrogens with two attached hydrogens (primary N) is 1. The van der Waals surface area contributed by atoms with Gasteiger partial charge in [0.25, 0.3) is 0 Å². The van der Waals surface area contributed by atoms with E-state index in [9.17, 15) is 0 Å². The zero-order chi connectivity index (χ0) is 11.1. The lowest BCUT2D eigenvalue weighted by atomic mass is 9.97. The fourth-order valence-electron chi connectivity index (χ4n) is 2.59. The van der Waals surface area contributed by atoms with Gasteiger partial charge in [-0.25, -0.2) is 0 Å². The van der Waals surface area contributed by atoms with E-state index in [1.807, 2.05) is 23.1 Å². The maximum Gasteiger partial charge on any atom is 0.0453 e. The fourth-order valence-corrected chi connectivity index (χ4v) is 5.28. The molecule has 0 aliphatic carbocycles. The third-order valence-electron chi connectivity index (χ3n) is 3.65. The molecule has 2 nitrogen and oxygen atoms in total. The molecular formula is C12H18N2S2. The van der Waals surface area contributed by atoms with Crippen molar-refractivity contribution in [2.24, 2.45) is 5.73 Å². The van der Waals surface area contributed by atoms with Crippen molar-refractivity contribution in [3.63, 3.8) is 0 Å². The number of likely N-dealkylation sites (tertiary alicyclic amines) is 1. The van der Waals surface area contributed by atoms with E-state index in [4.69, 9.17) is 5.73 Å². The average molecular weight is 254 g/mol. The van der Waals surface area contributed by atoms with Gasteiger partial charge in [0.05, 0.1) is 0 Å². The summed E-state index contributed by atoms with van der Waals surface area (Å²) in [4.78, 5) is 5.62. The summed E-state index contributed by atoms with van der Waals surface area (Å²) in [5, 5.41) is 0. The van der Waals surface area contributed by atoms with Crippen molar-refractivity contribution in [1.82, 2.24) is 4.90 Å². The van der Waals surface area contributed by atoms with Crippen LogP contribution in [0.5, 0.6) is 0 Å². The highest BCUT2D eigenvalue weighted by atomic mass is 32.2. The Bertz CT molecular complexity index is 367. The molecule has 0 aromatic carbocycles. The second-order valence-corrected chi connectivity index (χ2v) is 7.02. The normalized spacial score (nSPS) is 30.6. The minimum Gasteiger partial charge on any atom is -0.328 e. The highest BCUT2D eigenvalue weighted by molar-refractivity contribution is 7.98. The zero-order valence-corrected chi connectivity index (χ0v) is 11.2. The second kappa shape index (κ2) is 4.33. The Labute approximate surface area is 105 Å². The van der Waals surface area contributed by atoms with Crippen LogP contribution in [0.25, 0.3) is 0 Å². The highest BCUT2D eigenvalue weighted by Gasteiger charge is 2.28. The number of piperidine rings is 1. The largest absolute Gasteiger partial charge is 0.328 e. The summed E-state index contributed by atoms with van der Waals surface area (Å²) in [6, 6.07) is 3.40. The summed E-state index contributed by atoms with van der Waals surface area (Å²) in [5.74, 6) is 2.44. The third kappa shape index (κ3) is 1.92. The molecule has 16 heavy (non-hydrogen) atoms. The fraction of sp³-hybridized carbons (Fsp3) is 0.667. The Kier molecular flexibility index (Phi) is 3.00. The van der Waals surface area contributed by atoms with Crippen LogP contribution in [0.4, 0.5) is 0 Å². The summed E-state index contributed by atoms with van der Waals surface area (Å²) in [6.45, 7) is 1.14. The standard InChI is InChI=1S/C12H18N2S2/c1-14-3-2-9(13)5-10(14)11-4-8-6-15-7-12(8)16-11/h4,9-10H,2-3,5-7,13H2,1H3. The van der Waals surface area contributed by atoms with Crippen molar-refractivity contribution in [2.75, 3.05) is 13.6 Å². The van der Waals surface area contributed by atoms with Gasteiger partial charge in [-0.15, -0.1) is 11.3 Å². The Balaban J connectivity index is 1.84. The van der Waals surface area contributed by atoms with E-state index < -0.39 is 0 Å². The van der Waals surface area contributed by atoms with Crippen molar-refractivity contribution in [1.29, 1.82) is 0 Å². The molecule has 2 atom stereocenters. The first-order valence-corrected chi connectivity index (χ1v) is 7.86. The van der Waals surface area contributed by atoms with Crippen molar-refractivity contribution < 1.29 is 0 Å². The van der Waals surface area contributed by atoms with Gasteiger partial charge in [0, 0.05) is 33.3 Å². The molecule has 0 amide bonds. The predicted octanol–water partition coefficient (Wildman–Crippen LogP) is 2.59. The molecular weight excluding hydrogens is 236 g/mol. The molecule has 1 aromatic heterocycles. The maximum absolute atomic E-state index is 6.09. The van der Waals surface area contributed by atoms with Gasteiger partial charge in [0.2, 0.25) is 0 Å². The van der Waals surface area contributed by atoms with Crippen molar-refractivity contribution in [3.8, 4) is 0 Å². The molecule has 4 heteroatoms. The predicted molar refractivity (Wildman–Crippen MR) is 71.9 cm³/mol. The molecule has 1 fully saturated rings. The molecule has 1 aromatic rings. The number of hydrogen-bond donors (Lipinski definition) is 1. The first kappa shape index (κ1) is 11.1. The molecule has 88 valence electrons. The minimum atomic E-state index is 0.396. The molecule has 0 saturated carbocycles. The monoisotopic (exact) mass is 254 g/mol. The molecule has 0 spiro atoms. The summed E-state index contributed by atoms with van der Waals surface area (Å²) in [5.41, 5.74) is 7.67. The van der Waals surface area contributed by atoms with Crippen LogP contribution in [0.1, 0.15) is 34.2 Å². The molecule has 2 aliphatic rings. The van der Waals surface area contributed by atoms with E-state index in [-0.39, 0.29) is 0 Å². The van der Waals surface area contributed by atoms with Crippen molar-refractivity contribution >= 4 is 23.1 Å². The Morgan fingerprint density at radius 2 is 2.31 bits per heavy atom. The number of thioether (sulfide) groups is 1. The molecule has 0 radical (unpaired) electrons. The summed E-state index contributed by atoms with van der Waals surface area (Å²) in [7, 11) is 2.23. The zero-order valence-electron chi connectivity index (χ0n) is 9.61. The highest BCUT2D eigenvalue weighted by Crippen LogP contribution is 2.41. The quantitative estimate of drug-likeness (QED) is 0.835. The van der Waals surface area contributed by atoms with Gasteiger partial charge < -0.3 is 5.73 Å². The number of hydrogen-bond acceptors (Lipinski definition) is 4. The lowest BCUT2D eigenvalue weighted by molar-refractivity contribution is 0.174. The number of nitrogens with zero attached hydrogens (tertiary/aromatic N) is 1. The number of fused-ring (bicyclic) bond motifs is 1. The van der Waals surface area contributed by atoms with E-state index in [1.54, 1.807) is 15.3 Å². The lowest BCUT2D eigenvalue weighted by Crippen LogP contribution is -2.39. The van der Waals surface area contributed by atoms with Crippen LogP contribution in [0.15, 0.2) is 6.07 Å². The van der Waals surface area contributed by atoms with Crippen LogP contribution in [0.3, 0.4) is 0 Å². The summed E-state index contributed by atoms with van der Waals surface area (Å²) >= 11 is 4.05. The molecule has 0 bridgehead atoms. The first-order chi connectivity index (χ1) is 7.74. The van der Waals surface area contributed by atoms with Crippen LogP contribution in [-0.2, 0) is 11.5 Å². The molecule has 1 saturated heterocycles. The summed E-state index contributed by atoms with van der Waals surface area (Å²) < 4.78 is 0. The number of rotatable bonds is 1. The Morgan fingerprint density at radius 3 is 3.12 bits per heavy atom. The van der Waals surface area contributed by atoms with E-state index >= 15 is 0 Å². The lowest BCUT2D eigenvalue weighted by Gasteiger charge is -2.35. The van der Waals surface area contributed by atoms with Crippen LogP contribution in [0, 0.1) is 0 Å². The maximum atomic E-state index is 6.09. The third-order valence-corrected chi connectivity index (χ3v) is 6.11. The number of thiophene rings is 1. The van der Waals surface area contributed by atoms with Gasteiger partial charge in [-0.1, -0.05) is 0 Å². The van der Waals surface area contributed by atoms with E-state index in [0.29, 0.717) is 12.1 Å². The van der Waals surface area contributed by atoms with Gasteiger partial charge in [-0.2, -0.15) is 11.8 Å². The van der Waals surface area contributed by atoms with Gasteiger partial charge in [-0.3, -0.25) is 4.90 Å². The van der Waals surface area contributed by atoms with Crippen LogP contribution in [0.2, 0.25) is 0 Å². The topological polar surface area (TPSA) is 29.3 Å². The van der Waals surface area contributed by atoms with E-state index in [2.05, 4.69) is 18.0 Å². The van der Waals surface area contributed by atoms with Gasteiger partial charge in [-0.05, 0) is 38.1 Å². The summed E-state index contributed by atoms with van der Waals surface area (Å²) in [6.07, 6.45) is 2.27. The van der Waals surface area contributed by atoms with E-state index in [1.165, 1.54) is 11.5 Å². The Morgan fingerprint density at radius 1 is 1.44 bits per heavy atom. The smallest absolute Gasteiger partial charge is 0.0453 e. The van der Waals surface area contributed by atoms with Gasteiger partial charge in [0.15, 0.2) is 0 Å². The first-order valence-electron chi connectivity index (χ1n) is 5.89. The SMILES string of the molecule is CN1CCC(N)CC1c1cc2c(s1)CSC2. The molecule has 2 N–H and O–H groups in total. The molecule has 3 heterocycles. The van der Waals surface area contributed by atoms with Crippen LogP contribution in [-0.4, -0.2) is 24.5 Å². The van der Waals surface area contributed by atoms with E-state index in [0.717, 1.165) is 19.4 Å². The molecule has 2 unspecified atom stereocenters. The van der Waals surface area contributed by atoms with Gasteiger partial charge >= 0.3 is 0 Å². The van der Waals surface area contributed by atoms with Crippen molar-refractivity contribution in [2.45, 2.75) is 36.4 Å². The average Bonchev–Trinajstić information content (AvgIpc) is 2.81. The second-order valence-electron chi connectivity index (χ2n) is 4.87. The molecule has 3 rings (SSSR count). The Hall–Kier alpha value is -0.0300. The molecule has 2 aliphatic heterocycles. The van der Waals surface area contributed by atoms with Crippen LogP contribution < -0.4 is 5.73 Å². The van der Waals surface area contributed by atoms with Crippen LogP contribution >= 0.6 is 23.1 Å².